The summed E-state index contributed by atoms with van der Waals surface area (Å²) in [6.45, 7) is 4.39. The van der Waals surface area contributed by atoms with Gasteiger partial charge in [0.1, 0.15) is 5.75 Å². The predicted molar refractivity (Wildman–Crippen MR) is 77.4 cm³/mol. The van der Waals surface area contributed by atoms with Crippen molar-refractivity contribution >= 4 is 23.4 Å². The molecule has 0 fully saturated rings. The average molecular weight is 299 g/mol. The maximum Gasteiger partial charge on any atom is 0.379 e. The molecule has 0 saturated carbocycles. The van der Waals surface area contributed by atoms with Crippen LogP contribution in [0.1, 0.15) is 43.5 Å². The highest BCUT2D eigenvalue weighted by Gasteiger charge is 2.22. The molecule has 0 aromatic heterocycles. The summed E-state index contributed by atoms with van der Waals surface area (Å²) in [6.07, 6.45) is 3.03. The van der Waals surface area contributed by atoms with Gasteiger partial charge in [-0.2, -0.15) is 0 Å². The van der Waals surface area contributed by atoms with Crippen LogP contribution in [-0.2, 0) is 9.53 Å². The number of unbranched alkanes of at least 4 members (excludes halogenated alkanes) is 2. The molecule has 0 amide bonds. The molecule has 0 atom stereocenters. The van der Waals surface area contributed by atoms with Gasteiger partial charge in [-0.05, 0) is 31.5 Å². The molecular formula is C15H19ClO4. The van der Waals surface area contributed by atoms with E-state index >= 15 is 0 Å². The van der Waals surface area contributed by atoms with Gasteiger partial charge in [0.2, 0.25) is 0 Å². The highest BCUT2D eigenvalue weighted by atomic mass is 35.5. The predicted octanol–water partition coefficient (Wildman–Crippen LogP) is 3.65. The second-order valence-corrected chi connectivity index (χ2v) is 4.68. The monoisotopic (exact) mass is 298 g/mol. The highest BCUT2D eigenvalue weighted by molar-refractivity contribution is 6.42. The van der Waals surface area contributed by atoms with E-state index in [2.05, 4.69) is 6.92 Å². The van der Waals surface area contributed by atoms with Crippen molar-refractivity contribution in [3.8, 4) is 5.75 Å². The number of benzene rings is 1. The van der Waals surface area contributed by atoms with E-state index in [0.29, 0.717) is 17.4 Å². The van der Waals surface area contributed by atoms with Crippen LogP contribution in [0.4, 0.5) is 0 Å². The zero-order valence-corrected chi connectivity index (χ0v) is 12.5. The lowest BCUT2D eigenvalue weighted by Gasteiger charge is -2.10. The molecule has 0 unspecified atom stereocenters. The van der Waals surface area contributed by atoms with Gasteiger partial charge < -0.3 is 9.47 Å². The minimum absolute atomic E-state index is 0.146. The summed E-state index contributed by atoms with van der Waals surface area (Å²) < 4.78 is 10.3. The molecule has 5 heteroatoms. The number of Topliss-reactive ketones (excluding diaryl/α,β-unsaturated/α-hetero) is 1. The molecule has 1 rings (SSSR count). The first kappa shape index (κ1) is 16.5. The maximum atomic E-state index is 12.0. The summed E-state index contributed by atoms with van der Waals surface area (Å²) in [5.74, 6) is -1.27. The fraction of sp³-hybridized carbons (Fsp3) is 0.467. The first-order valence-electron chi connectivity index (χ1n) is 6.74. The van der Waals surface area contributed by atoms with Gasteiger partial charge in [-0.25, -0.2) is 4.79 Å². The quantitative estimate of drug-likeness (QED) is 0.318. The summed E-state index contributed by atoms with van der Waals surface area (Å²) in [7, 11) is 0. The van der Waals surface area contributed by atoms with Gasteiger partial charge in [0.25, 0.3) is 5.78 Å². The number of ketones is 1. The fourth-order valence-corrected chi connectivity index (χ4v) is 1.82. The third kappa shape index (κ3) is 4.85. The Hall–Kier alpha value is -1.55. The van der Waals surface area contributed by atoms with E-state index in [1.807, 2.05) is 0 Å². The number of rotatable bonds is 8. The third-order valence-corrected chi connectivity index (χ3v) is 2.89. The van der Waals surface area contributed by atoms with E-state index in [9.17, 15) is 9.59 Å². The van der Waals surface area contributed by atoms with E-state index in [0.717, 1.165) is 19.3 Å². The van der Waals surface area contributed by atoms with Crippen molar-refractivity contribution in [1.82, 2.24) is 0 Å². The lowest BCUT2D eigenvalue weighted by atomic mass is 10.1. The molecule has 0 bridgehead atoms. The molecular weight excluding hydrogens is 280 g/mol. The molecule has 20 heavy (non-hydrogen) atoms. The number of carbonyl (C=O) groups is 2. The lowest BCUT2D eigenvalue weighted by molar-refractivity contribution is -0.137. The molecule has 4 nitrogen and oxygen atoms in total. The SMILES string of the molecule is CCCCCOc1ccc(Cl)cc1C(=O)C(=O)OCC. The molecule has 110 valence electrons. The Morgan fingerprint density at radius 2 is 1.95 bits per heavy atom. The Bertz CT molecular complexity index is 471. The molecule has 0 saturated heterocycles. The van der Waals surface area contributed by atoms with Crippen LogP contribution >= 0.6 is 11.6 Å². The van der Waals surface area contributed by atoms with Crippen molar-refractivity contribution in [2.75, 3.05) is 13.2 Å². The molecule has 1 aromatic carbocycles. The molecule has 0 aliphatic carbocycles. The first-order valence-corrected chi connectivity index (χ1v) is 7.11. The van der Waals surface area contributed by atoms with Crippen LogP contribution < -0.4 is 4.74 Å². The molecule has 0 spiro atoms. The summed E-state index contributed by atoms with van der Waals surface area (Å²) >= 11 is 5.87. The van der Waals surface area contributed by atoms with Gasteiger partial charge in [-0.1, -0.05) is 31.4 Å². The van der Waals surface area contributed by atoms with Crippen LogP contribution in [0.3, 0.4) is 0 Å². The number of hydrogen-bond acceptors (Lipinski definition) is 4. The number of carbonyl (C=O) groups excluding carboxylic acids is 2. The highest BCUT2D eigenvalue weighted by Crippen LogP contribution is 2.24. The Balaban J connectivity index is 2.84. The lowest BCUT2D eigenvalue weighted by Crippen LogP contribution is -2.18. The van der Waals surface area contributed by atoms with Crippen molar-refractivity contribution < 1.29 is 19.1 Å². The Kier molecular flexibility index (Phi) is 7.09. The second-order valence-electron chi connectivity index (χ2n) is 4.25. The first-order chi connectivity index (χ1) is 9.60. The minimum atomic E-state index is -0.895. The van der Waals surface area contributed by atoms with E-state index in [4.69, 9.17) is 21.1 Å². The van der Waals surface area contributed by atoms with Crippen LogP contribution in [0.25, 0.3) is 0 Å². The fourth-order valence-electron chi connectivity index (χ4n) is 1.65. The number of hydrogen-bond donors (Lipinski definition) is 0. The van der Waals surface area contributed by atoms with Crippen LogP contribution in [0.15, 0.2) is 18.2 Å². The van der Waals surface area contributed by atoms with Crippen LogP contribution in [0, 0.1) is 0 Å². The summed E-state index contributed by atoms with van der Waals surface area (Å²) in [5.41, 5.74) is 0.146. The summed E-state index contributed by atoms with van der Waals surface area (Å²) in [4.78, 5) is 23.5. The van der Waals surface area contributed by atoms with Crippen molar-refractivity contribution in [1.29, 1.82) is 0 Å². The zero-order chi connectivity index (χ0) is 15.0. The number of ether oxygens (including phenoxy) is 2. The normalized spacial score (nSPS) is 10.2. The van der Waals surface area contributed by atoms with Gasteiger partial charge in [0, 0.05) is 5.02 Å². The maximum absolute atomic E-state index is 12.0. The van der Waals surface area contributed by atoms with Crippen LogP contribution in [0.2, 0.25) is 5.02 Å². The Morgan fingerprint density at radius 1 is 1.20 bits per heavy atom. The Labute approximate surface area is 124 Å². The van der Waals surface area contributed by atoms with E-state index in [-0.39, 0.29) is 12.2 Å². The zero-order valence-electron chi connectivity index (χ0n) is 11.8. The minimum Gasteiger partial charge on any atom is -0.493 e. The van der Waals surface area contributed by atoms with E-state index < -0.39 is 11.8 Å². The van der Waals surface area contributed by atoms with Crippen molar-refractivity contribution in [2.45, 2.75) is 33.1 Å². The topological polar surface area (TPSA) is 52.6 Å². The molecule has 0 heterocycles. The average Bonchev–Trinajstić information content (AvgIpc) is 2.44. The Morgan fingerprint density at radius 3 is 2.60 bits per heavy atom. The van der Waals surface area contributed by atoms with E-state index in [1.54, 1.807) is 19.1 Å². The van der Waals surface area contributed by atoms with Gasteiger partial charge in [0.15, 0.2) is 0 Å². The third-order valence-electron chi connectivity index (χ3n) is 2.65. The van der Waals surface area contributed by atoms with Crippen LogP contribution in [0.5, 0.6) is 5.75 Å². The van der Waals surface area contributed by atoms with Gasteiger partial charge in [0.05, 0.1) is 18.8 Å². The van der Waals surface area contributed by atoms with Gasteiger partial charge in [-0.3, -0.25) is 4.79 Å². The van der Waals surface area contributed by atoms with Crippen molar-refractivity contribution in [2.24, 2.45) is 0 Å². The van der Waals surface area contributed by atoms with Crippen molar-refractivity contribution in [3.05, 3.63) is 28.8 Å². The molecule has 0 aliphatic heterocycles. The standard InChI is InChI=1S/C15H19ClO4/c1-3-5-6-9-20-13-8-7-11(16)10-12(13)14(17)15(18)19-4-2/h7-8,10H,3-6,9H2,1-2H3. The largest absolute Gasteiger partial charge is 0.493 e. The number of halogens is 1. The molecule has 1 aromatic rings. The van der Waals surface area contributed by atoms with E-state index in [1.165, 1.54) is 6.07 Å². The smallest absolute Gasteiger partial charge is 0.379 e. The van der Waals surface area contributed by atoms with Crippen LogP contribution in [-0.4, -0.2) is 25.0 Å². The van der Waals surface area contributed by atoms with Gasteiger partial charge >= 0.3 is 5.97 Å². The molecule has 0 N–H and O–H groups in total. The number of esters is 1. The molecule has 0 radical (unpaired) electrons. The van der Waals surface area contributed by atoms with Gasteiger partial charge in [-0.15, -0.1) is 0 Å². The second kappa shape index (κ2) is 8.59. The molecule has 0 aliphatic rings. The van der Waals surface area contributed by atoms with Crippen molar-refractivity contribution in [3.63, 3.8) is 0 Å². The summed E-state index contributed by atoms with van der Waals surface area (Å²) in [5, 5.41) is 0.374. The summed E-state index contributed by atoms with van der Waals surface area (Å²) in [6, 6.07) is 4.65.